The SMILES string of the molecule is CC(C)NCc1cnn(Cc2ccc(Br)cc2)c1C(C)C. The molecule has 0 atom stereocenters. The Balaban J connectivity index is 2.20. The summed E-state index contributed by atoms with van der Waals surface area (Å²) in [5, 5.41) is 8.08. The minimum atomic E-state index is 0.465. The van der Waals surface area contributed by atoms with Crippen molar-refractivity contribution in [3.63, 3.8) is 0 Å². The molecule has 21 heavy (non-hydrogen) atoms. The molecule has 1 aromatic heterocycles. The fourth-order valence-corrected chi connectivity index (χ4v) is 2.71. The van der Waals surface area contributed by atoms with Crippen LogP contribution in [0.3, 0.4) is 0 Å². The molecule has 114 valence electrons. The van der Waals surface area contributed by atoms with Gasteiger partial charge in [0.25, 0.3) is 0 Å². The van der Waals surface area contributed by atoms with Crippen LogP contribution in [0.4, 0.5) is 0 Å². The standard InChI is InChI=1S/C17H24BrN3/c1-12(2)17-15(9-19-13(3)4)10-20-21(17)11-14-5-7-16(18)8-6-14/h5-8,10,12-13,19H,9,11H2,1-4H3. The van der Waals surface area contributed by atoms with Gasteiger partial charge in [-0.25, -0.2) is 0 Å². The van der Waals surface area contributed by atoms with Crippen molar-refractivity contribution in [2.45, 2.75) is 52.7 Å². The van der Waals surface area contributed by atoms with Crippen LogP contribution in [-0.4, -0.2) is 15.8 Å². The number of benzene rings is 1. The van der Waals surface area contributed by atoms with Gasteiger partial charge in [0, 0.05) is 28.3 Å². The quantitative estimate of drug-likeness (QED) is 0.841. The summed E-state index contributed by atoms with van der Waals surface area (Å²) in [7, 11) is 0. The highest BCUT2D eigenvalue weighted by atomic mass is 79.9. The first-order chi connectivity index (χ1) is 9.97. The van der Waals surface area contributed by atoms with Crippen molar-refractivity contribution in [3.8, 4) is 0 Å². The van der Waals surface area contributed by atoms with Gasteiger partial charge in [0.15, 0.2) is 0 Å². The van der Waals surface area contributed by atoms with Crippen LogP contribution >= 0.6 is 15.9 Å². The molecular weight excluding hydrogens is 326 g/mol. The Hall–Kier alpha value is -1.13. The van der Waals surface area contributed by atoms with E-state index in [1.807, 2.05) is 6.20 Å². The lowest BCUT2D eigenvalue weighted by Gasteiger charge is -2.14. The van der Waals surface area contributed by atoms with Gasteiger partial charge in [0.2, 0.25) is 0 Å². The van der Waals surface area contributed by atoms with Crippen LogP contribution in [0.1, 0.15) is 50.4 Å². The first kappa shape index (κ1) is 16.2. The molecule has 1 aromatic carbocycles. The van der Waals surface area contributed by atoms with Gasteiger partial charge in [-0.15, -0.1) is 0 Å². The lowest BCUT2D eigenvalue weighted by molar-refractivity contribution is 0.574. The van der Waals surface area contributed by atoms with Gasteiger partial charge >= 0.3 is 0 Å². The lowest BCUT2D eigenvalue weighted by atomic mass is 10.1. The number of halogens is 1. The lowest BCUT2D eigenvalue weighted by Crippen LogP contribution is -2.22. The summed E-state index contributed by atoms with van der Waals surface area (Å²) in [6, 6.07) is 8.92. The van der Waals surface area contributed by atoms with E-state index >= 15 is 0 Å². The predicted molar refractivity (Wildman–Crippen MR) is 91.5 cm³/mol. The second kappa shape index (κ2) is 7.23. The molecule has 2 rings (SSSR count). The third-order valence-electron chi connectivity index (χ3n) is 3.45. The average molecular weight is 350 g/mol. The van der Waals surface area contributed by atoms with Crippen molar-refractivity contribution in [3.05, 3.63) is 51.8 Å². The molecule has 0 unspecified atom stereocenters. The summed E-state index contributed by atoms with van der Waals surface area (Å²) in [6.45, 7) is 10.5. The van der Waals surface area contributed by atoms with E-state index in [1.54, 1.807) is 0 Å². The van der Waals surface area contributed by atoms with E-state index in [1.165, 1.54) is 16.8 Å². The van der Waals surface area contributed by atoms with Gasteiger partial charge in [0.05, 0.1) is 12.7 Å². The topological polar surface area (TPSA) is 29.9 Å². The molecule has 0 aliphatic rings. The Kier molecular flexibility index (Phi) is 5.59. The molecule has 0 aliphatic carbocycles. The first-order valence-electron chi connectivity index (χ1n) is 7.49. The third-order valence-corrected chi connectivity index (χ3v) is 3.98. The zero-order valence-electron chi connectivity index (χ0n) is 13.2. The molecule has 0 radical (unpaired) electrons. The summed E-state index contributed by atoms with van der Waals surface area (Å²) in [5.74, 6) is 0.465. The fraction of sp³-hybridized carbons (Fsp3) is 0.471. The number of hydrogen-bond donors (Lipinski definition) is 1. The number of hydrogen-bond acceptors (Lipinski definition) is 2. The van der Waals surface area contributed by atoms with Gasteiger partial charge in [-0.2, -0.15) is 5.10 Å². The van der Waals surface area contributed by atoms with Crippen LogP contribution in [0.25, 0.3) is 0 Å². The molecule has 2 aromatic rings. The summed E-state index contributed by atoms with van der Waals surface area (Å²) in [4.78, 5) is 0. The molecular formula is C17H24BrN3. The van der Waals surface area contributed by atoms with E-state index in [0.29, 0.717) is 12.0 Å². The van der Waals surface area contributed by atoms with Gasteiger partial charge < -0.3 is 5.32 Å². The van der Waals surface area contributed by atoms with Crippen LogP contribution in [0, 0.1) is 0 Å². The predicted octanol–water partition coefficient (Wildman–Crippen LogP) is 4.32. The first-order valence-corrected chi connectivity index (χ1v) is 8.29. The van der Waals surface area contributed by atoms with E-state index in [2.05, 4.69) is 83.0 Å². The van der Waals surface area contributed by atoms with Crippen molar-refractivity contribution in [2.75, 3.05) is 0 Å². The fourth-order valence-electron chi connectivity index (χ4n) is 2.44. The van der Waals surface area contributed by atoms with Crippen molar-refractivity contribution in [2.24, 2.45) is 0 Å². The maximum absolute atomic E-state index is 4.60. The smallest absolute Gasteiger partial charge is 0.0662 e. The van der Waals surface area contributed by atoms with Crippen LogP contribution < -0.4 is 5.32 Å². The average Bonchev–Trinajstić information content (AvgIpc) is 2.82. The molecule has 3 nitrogen and oxygen atoms in total. The number of rotatable bonds is 6. The number of nitrogens with one attached hydrogen (secondary N) is 1. The molecule has 0 fully saturated rings. The molecule has 0 aliphatic heterocycles. The van der Waals surface area contributed by atoms with Crippen molar-refractivity contribution in [1.82, 2.24) is 15.1 Å². The largest absolute Gasteiger partial charge is 0.310 e. The Morgan fingerprint density at radius 3 is 2.38 bits per heavy atom. The normalized spacial score (nSPS) is 11.6. The number of nitrogens with zero attached hydrogens (tertiary/aromatic N) is 2. The monoisotopic (exact) mass is 349 g/mol. The van der Waals surface area contributed by atoms with E-state index in [-0.39, 0.29) is 0 Å². The Morgan fingerprint density at radius 1 is 1.14 bits per heavy atom. The molecule has 1 heterocycles. The summed E-state index contributed by atoms with van der Waals surface area (Å²) < 4.78 is 3.24. The molecule has 0 bridgehead atoms. The summed E-state index contributed by atoms with van der Waals surface area (Å²) in [6.07, 6.45) is 2.00. The van der Waals surface area contributed by atoms with E-state index < -0.39 is 0 Å². The highest BCUT2D eigenvalue weighted by Crippen LogP contribution is 2.21. The van der Waals surface area contributed by atoms with Gasteiger partial charge in [-0.05, 0) is 23.6 Å². The number of aromatic nitrogens is 2. The Morgan fingerprint density at radius 2 is 1.81 bits per heavy atom. The zero-order chi connectivity index (χ0) is 15.4. The minimum absolute atomic E-state index is 0.465. The minimum Gasteiger partial charge on any atom is -0.310 e. The van der Waals surface area contributed by atoms with Crippen molar-refractivity contribution in [1.29, 1.82) is 0 Å². The van der Waals surface area contributed by atoms with E-state index in [9.17, 15) is 0 Å². The molecule has 0 spiro atoms. The van der Waals surface area contributed by atoms with Crippen LogP contribution in [-0.2, 0) is 13.1 Å². The van der Waals surface area contributed by atoms with Gasteiger partial charge in [-0.3, -0.25) is 4.68 Å². The Labute approximate surface area is 135 Å². The van der Waals surface area contributed by atoms with Crippen molar-refractivity contribution >= 4 is 15.9 Å². The molecule has 4 heteroatoms. The van der Waals surface area contributed by atoms with E-state index in [4.69, 9.17) is 0 Å². The molecule has 0 saturated carbocycles. The third kappa shape index (κ3) is 4.42. The maximum Gasteiger partial charge on any atom is 0.0662 e. The molecule has 0 saturated heterocycles. The van der Waals surface area contributed by atoms with Crippen molar-refractivity contribution < 1.29 is 0 Å². The molecule has 0 amide bonds. The Bertz CT molecular complexity index is 570. The van der Waals surface area contributed by atoms with Gasteiger partial charge in [-0.1, -0.05) is 55.8 Å². The molecule has 1 N–H and O–H groups in total. The second-order valence-corrected chi connectivity index (χ2v) is 6.95. The highest BCUT2D eigenvalue weighted by molar-refractivity contribution is 9.10. The maximum atomic E-state index is 4.60. The highest BCUT2D eigenvalue weighted by Gasteiger charge is 2.14. The van der Waals surface area contributed by atoms with E-state index in [0.717, 1.165) is 17.6 Å². The summed E-state index contributed by atoms with van der Waals surface area (Å²) >= 11 is 3.48. The summed E-state index contributed by atoms with van der Waals surface area (Å²) in [5.41, 5.74) is 3.90. The zero-order valence-corrected chi connectivity index (χ0v) is 14.8. The van der Waals surface area contributed by atoms with Crippen LogP contribution in [0.2, 0.25) is 0 Å². The van der Waals surface area contributed by atoms with Crippen LogP contribution in [0.5, 0.6) is 0 Å². The van der Waals surface area contributed by atoms with Gasteiger partial charge in [0.1, 0.15) is 0 Å². The second-order valence-electron chi connectivity index (χ2n) is 6.03. The van der Waals surface area contributed by atoms with Crippen LogP contribution in [0.15, 0.2) is 34.9 Å².